The second kappa shape index (κ2) is 7.27. The summed E-state index contributed by atoms with van der Waals surface area (Å²) in [5.74, 6) is -0.564. The van der Waals surface area contributed by atoms with Crippen LogP contribution in [-0.4, -0.2) is 55.8 Å². The lowest BCUT2D eigenvalue weighted by molar-refractivity contribution is -0.125. The number of carbonyl (C=O) groups is 1. The maximum atomic E-state index is 13.4. The van der Waals surface area contributed by atoms with E-state index in [1.165, 1.54) is 18.6 Å². The number of halogens is 1. The van der Waals surface area contributed by atoms with Gasteiger partial charge < -0.3 is 14.8 Å². The Bertz CT molecular complexity index is 542. The van der Waals surface area contributed by atoms with Gasteiger partial charge in [-0.05, 0) is 31.4 Å². The molecule has 0 atom stereocenters. The van der Waals surface area contributed by atoms with E-state index >= 15 is 0 Å². The molecular formula is C17H23FN2O3. The van der Waals surface area contributed by atoms with Crippen molar-refractivity contribution in [3.8, 4) is 5.75 Å². The van der Waals surface area contributed by atoms with Gasteiger partial charge in [0.25, 0.3) is 5.91 Å². The van der Waals surface area contributed by atoms with Crippen LogP contribution in [0, 0.1) is 5.82 Å². The molecule has 6 heteroatoms. The topological polar surface area (TPSA) is 50.8 Å². The summed E-state index contributed by atoms with van der Waals surface area (Å²) < 4.78 is 24.1. The lowest BCUT2D eigenvalue weighted by atomic mass is 9.75. The smallest absolute Gasteiger partial charge is 0.258 e. The highest BCUT2D eigenvalue weighted by atomic mass is 19.1. The molecule has 1 amide bonds. The summed E-state index contributed by atoms with van der Waals surface area (Å²) in [6, 6.07) is 6.10. The van der Waals surface area contributed by atoms with Crippen molar-refractivity contribution in [2.45, 2.75) is 24.8 Å². The van der Waals surface area contributed by atoms with Gasteiger partial charge in [-0.1, -0.05) is 12.1 Å². The molecule has 126 valence electrons. The Morgan fingerprint density at radius 2 is 2.04 bits per heavy atom. The maximum absolute atomic E-state index is 13.4. The summed E-state index contributed by atoms with van der Waals surface area (Å²) >= 11 is 0. The molecule has 0 bridgehead atoms. The van der Waals surface area contributed by atoms with Crippen molar-refractivity contribution < 1.29 is 18.7 Å². The molecule has 5 nitrogen and oxygen atoms in total. The van der Waals surface area contributed by atoms with E-state index in [4.69, 9.17) is 9.47 Å². The van der Waals surface area contributed by atoms with Crippen LogP contribution in [0.4, 0.5) is 4.39 Å². The molecule has 0 unspecified atom stereocenters. The Labute approximate surface area is 135 Å². The predicted molar refractivity (Wildman–Crippen MR) is 83.9 cm³/mol. The average Bonchev–Trinajstić information content (AvgIpc) is 2.54. The minimum Gasteiger partial charge on any atom is -0.481 e. The molecule has 0 aromatic heterocycles. The van der Waals surface area contributed by atoms with Crippen LogP contribution in [0.5, 0.6) is 5.75 Å². The van der Waals surface area contributed by atoms with Crippen molar-refractivity contribution >= 4 is 5.91 Å². The molecule has 3 rings (SSSR count). The first-order chi connectivity index (χ1) is 11.2. The van der Waals surface area contributed by atoms with Crippen LogP contribution in [0.2, 0.25) is 0 Å². The zero-order valence-electron chi connectivity index (χ0n) is 13.2. The molecule has 1 saturated carbocycles. The Kier molecular flexibility index (Phi) is 5.13. The summed E-state index contributed by atoms with van der Waals surface area (Å²) in [5.41, 5.74) is 0.0669. The number of hydrogen-bond donors (Lipinski definition) is 1. The third-order valence-electron chi connectivity index (χ3n) is 4.78. The molecule has 0 spiro atoms. The van der Waals surface area contributed by atoms with Crippen molar-refractivity contribution in [1.82, 2.24) is 10.2 Å². The Morgan fingerprint density at radius 3 is 2.70 bits per heavy atom. The fourth-order valence-electron chi connectivity index (χ4n) is 3.25. The minimum atomic E-state index is -0.455. The summed E-state index contributed by atoms with van der Waals surface area (Å²) in [4.78, 5) is 14.4. The average molecular weight is 322 g/mol. The van der Waals surface area contributed by atoms with Crippen LogP contribution < -0.4 is 10.1 Å². The van der Waals surface area contributed by atoms with E-state index in [0.717, 1.165) is 39.1 Å². The molecule has 1 aliphatic heterocycles. The second-order valence-electron chi connectivity index (χ2n) is 6.17. The quantitative estimate of drug-likeness (QED) is 0.864. The first kappa shape index (κ1) is 16.2. The van der Waals surface area contributed by atoms with Gasteiger partial charge in [-0.2, -0.15) is 0 Å². The van der Waals surface area contributed by atoms with E-state index in [0.29, 0.717) is 6.54 Å². The monoisotopic (exact) mass is 322 g/mol. The zero-order chi connectivity index (χ0) is 16.1. The van der Waals surface area contributed by atoms with Gasteiger partial charge in [0.2, 0.25) is 0 Å². The lowest BCUT2D eigenvalue weighted by Crippen LogP contribution is -2.62. The van der Waals surface area contributed by atoms with Gasteiger partial charge in [-0.25, -0.2) is 4.39 Å². The molecule has 1 saturated heterocycles. The van der Waals surface area contributed by atoms with Crippen molar-refractivity contribution in [2.24, 2.45) is 0 Å². The summed E-state index contributed by atoms with van der Waals surface area (Å²) in [5, 5.41) is 2.94. The van der Waals surface area contributed by atoms with Crippen LogP contribution in [0.1, 0.15) is 19.3 Å². The van der Waals surface area contributed by atoms with Gasteiger partial charge in [-0.15, -0.1) is 0 Å². The van der Waals surface area contributed by atoms with Gasteiger partial charge in [0.1, 0.15) is 0 Å². The fraction of sp³-hybridized carbons (Fsp3) is 0.588. The second-order valence-corrected chi connectivity index (χ2v) is 6.17. The van der Waals surface area contributed by atoms with E-state index in [9.17, 15) is 9.18 Å². The van der Waals surface area contributed by atoms with E-state index in [1.807, 2.05) is 0 Å². The lowest BCUT2D eigenvalue weighted by Gasteiger charge is -2.51. The highest BCUT2D eigenvalue weighted by molar-refractivity contribution is 5.77. The molecule has 1 N–H and O–H groups in total. The first-order valence-corrected chi connectivity index (χ1v) is 8.16. The number of rotatable bonds is 6. The SMILES string of the molecule is O=C(COc1ccccc1F)NCC1(N2CCOCC2)CCC1. The van der Waals surface area contributed by atoms with Crippen molar-refractivity contribution in [3.63, 3.8) is 0 Å². The highest BCUT2D eigenvalue weighted by Gasteiger charge is 2.42. The van der Waals surface area contributed by atoms with Gasteiger partial charge in [0.15, 0.2) is 18.2 Å². The van der Waals surface area contributed by atoms with Gasteiger partial charge in [0.05, 0.1) is 13.2 Å². The normalized spacial score (nSPS) is 20.6. The standard InChI is InChI=1S/C17H23FN2O3/c18-14-4-1-2-5-15(14)23-12-16(21)19-13-17(6-3-7-17)20-8-10-22-11-9-20/h1-2,4-5H,3,6-13H2,(H,19,21). The highest BCUT2D eigenvalue weighted by Crippen LogP contribution is 2.37. The molecule has 2 fully saturated rings. The van der Waals surface area contributed by atoms with Gasteiger partial charge in [0, 0.05) is 25.2 Å². The van der Waals surface area contributed by atoms with Gasteiger partial charge in [-0.3, -0.25) is 9.69 Å². The van der Waals surface area contributed by atoms with Crippen molar-refractivity contribution in [2.75, 3.05) is 39.5 Å². The van der Waals surface area contributed by atoms with E-state index in [2.05, 4.69) is 10.2 Å². The summed E-state index contributed by atoms with van der Waals surface area (Å²) in [7, 11) is 0. The van der Waals surface area contributed by atoms with E-state index in [-0.39, 0.29) is 23.8 Å². The van der Waals surface area contributed by atoms with Crippen LogP contribution in [0.3, 0.4) is 0 Å². The molecular weight excluding hydrogens is 299 g/mol. The number of carbonyl (C=O) groups excluding carboxylic acids is 1. The molecule has 2 aliphatic rings. The predicted octanol–water partition coefficient (Wildman–Crippen LogP) is 1.58. The van der Waals surface area contributed by atoms with Crippen LogP contribution in [0.25, 0.3) is 0 Å². The van der Waals surface area contributed by atoms with Crippen LogP contribution in [-0.2, 0) is 9.53 Å². The largest absolute Gasteiger partial charge is 0.481 e. The number of ether oxygens (including phenoxy) is 2. The molecule has 23 heavy (non-hydrogen) atoms. The molecule has 1 aromatic carbocycles. The van der Waals surface area contributed by atoms with Crippen LogP contribution in [0.15, 0.2) is 24.3 Å². The fourth-order valence-corrected chi connectivity index (χ4v) is 3.25. The summed E-state index contributed by atoms with van der Waals surface area (Å²) in [6.07, 6.45) is 3.39. The van der Waals surface area contributed by atoms with Crippen molar-refractivity contribution in [1.29, 1.82) is 0 Å². The van der Waals surface area contributed by atoms with E-state index in [1.54, 1.807) is 12.1 Å². The number of benzene rings is 1. The number of para-hydroxylation sites is 1. The molecule has 0 radical (unpaired) electrons. The third kappa shape index (κ3) is 3.82. The maximum Gasteiger partial charge on any atom is 0.258 e. The Hall–Kier alpha value is -1.66. The van der Waals surface area contributed by atoms with Gasteiger partial charge >= 0.3 is 0 Å². The Balaban J connectivity index is 1.47. The number of nitrogens with one attached hydrogen (secondary N) is 1. The first-order valence-electron chi connectivity index (χ1n) is 8.16. The number of nitrogens with zero attached hydrogens (tertiary/aromatic N) is 1. The number of amides is 1. The third-order valence-corrected chi connectivity index (χ3v) is 4.78. The molecule has 1 aliphatic carbocycles. The Morgan fingerprint density at radius 1 is 1.30 bits per heavy atom. The molecule has 1 heterocycles. The van der Waals surface area contributed by atoms with Crippen molar-refractivity contribution in [3.05, 3.63) is 30.1 Å². The van der Waals surface area contributed by atoms with Crippen LogP contribution >= 0.6 is 0 Å². The number of hydrogen-bond acceptors (Lipinski definition) is 4. The number of morpholine rings is 1. The zero-order valence-corrected chi connectivity index (χ0v) is 13.2. The van der Waals surface area contributed by atoms with E-state index < -0.39 is 5.82 Å². The summed E-state index contributed by atoms with van der Waals surface area (Å²) in [6.45, 7) is 3.80. The minimum absolute atomic E-state index is 0.0669. The molecule has 1 aromatic rings.